The van der Waals surface area contributed by atoms with Crippen LogP contribution in [0.5, 0.6) is 0 Å². The maximum absolute atomic E-state index is 13.4. The van der Waals surface area contributed by atoms with Crippen molar-refractivity contribution in [2.75, 3.05) is 6.54 Å². The van der Waals surface area contributed by atoms with Gasteiger partial charge in [-0.1, -0.05) is 32.0 Å². The van der Waals surface area contributed by atoms with Gasteiger partial charge in [0.2, 0.25) is 0 Å². The van der Waals surface area contributed by atoms with Gasteiger partial charge in [0.25, 0.3) is 0 Å². The van der Waals surface area contributed by atoms with Gasteiger partial charge in [0, 0.05) is 18.2 Å². The van der Waals surface area contributed by atoms with Gasteiger partial charge < -0.3 is 15.7 Å². The molecule has 0 aliphatic rings. The van der Waals surface area contributed by atoms with Crippen LogP contribution in [0.25, 0.3) is 0 Å². The summed E-state index contributed by atoms with van der Waals surface area (Å²) in [4.78, 5) is 11.6. The monoisotopic (exact) mass is 268 g/mol. The van der Waals surface area contributed by atoms with Crippen LogP contribution in [0.2, 0.25) is 0 Å². The molecule has 5 heteroatoms. The molecule has 2 atom stereocenters. The van der Waals surface area contributed by atoms with Crippen molar-refractivity contribution in [3.05, 3.63) is 35.6 Å². The second-order valence-electron chi connectivity index (χ2n) is 4.92. The Hall–Kier alpha value is -1.62. The number of halogens is 1. The molecular formula is C14H21FN2O2. The quantitative estimate of drug-likeness (QED) is 0.766. The first kappa shape index (κ1) is 15.4. The Morgan fingerprint density at radius 1 is 1.32 bits per heavy atom. The Bertz CT molecular complexity index is 424. The van der Waals surface area contributed by atoms with Crippen molar-refractivity contribution in [2.45, 2.75) is 32.9 Å². The molecule has 1 aromatic rings. The first-order chi connectivity index (χ1) is 8.91. The molecule has 2 unspecified atom stereocenters. The fourth-order valence-electron chi connectivity index (χ4n) is 1.47. The van der Waals surface area contributed by atoms with Crippen molar-refractivity contribution in [3.8, 4) is 0 Å². The van der Waals surface area contributed by atoms with E-state index in [1.54, 1.807) is 12.1 Å². The van der Waals surface area contributed by atoms with Crippen LogP contribution < -0.4 is 10.6 Å². The second-order valence-corrected chi connectivity index (χ2v) is 4.92. The van der Waals surface area contributed by atoms with E-state index >= 15 is 0 Å². The molecule has 19 heavy (non-hydrogen) atoms. The number of benzene rings is 1. The van der Waals surface area contributed by atoms with Crippen molar-refractivity contribution in [1.82, 2.24) is 10.6 Å². The molecule has 0 radical (unpaired) electrons. The number of urea groups is 1. The first-order valence-electron chi connectivity index (χ1n) is 6.38. The number of hydrogen-bond donors (Lipinski definition) is 3. The van der Waals surface area contributed by atoms with Crippen LogP contribution in [0.3, 0.4) is 0 Å². The summed E-state index contributed by atoms with van der Waals surface area (Å²) in [6, 6.07) is 5.64. The number of carbonyl (C=O) groups is 1. The molecule has 1 aromatic carbocycles. The molecule has 4 nitrogen and oxygen atoms in total. The molecule has 0 saturated carbocycles. The molecule has 106 valence electrons. The van der Waals surface area contributed by atoms with Gasteiger partial charge >= 0.3 is 6.03 Å². The maximum atomic E-state index is 13.4. The molecule has 0 saturated heterocycles. The fraction of sp³-hybridized carbons (Fsp3) is 0.500. The number of aliphatic hydroxyl groups is 1. The van der Waals surface area contributed by atoms with E-state index in [0.717, 1.165) is 0 Å². The van der Waals surface area contributed by atoms with Crippen molar-refractivity contribution in [2.24, 2.45) is 5.92 Å². The van der Waals surface area contributed by atoms with E-state index in [2.05, 4.69) is 10.6 Å². The summed E-state index contributed by atoms with van der Waals surface area (Å²) in [6.07, 6.45) is -1.05. The third kappa shape index (κ3) is 4.87. The minimum atomic E-state index is -1.05. The Balaban J connectivity index is 2.44. The Morgan fingerprint density at radius 3 is 2.53 bits per heavy atom. The molecule has 0 fully saturated rings. The molecule has 3 N–H and O–H groups in total. The van der Waals surface area contributed by atoms with E-state index in [1.165, 1.54) is 12.1 Å². The largest absolute Gasteiger partial charge is 0.386 e. The first-order valence-corrected chi connectivity index (χ1v) is 6.38. The van der Waals surface area contributed by atoms with E-state index in [4.69, 9.17) is 0 Å². The number of amides is 2. The Labute approximate surface area is 113 Å². The minimum absolute atomic E-state index is 0.0302. The fourth-order valence-corrected chi connectivity index (χ4v) is 1.47. The van der Waals surface area contributed by atoms with E-state index in [0.29, 0.717) is 5.92 Å². The lowest BCUT2D eigenvalue weighted by Crippen LogP contribution is -2.44. The van der Waals surface area contributed by atoms with Gasteiger partial charge in [-0.3, -0.25) is 0 Å². The van der Waals surface area contributed by atoms with Crippen LogP contribution in [0, 0.1) is 11.7 Å². The van der Waals surface area contributed by atoms with E-state index in [9.17, 15) is 14.3 Å². The average Bonchev–Trinajstić information content (AvgIpc) is 2.36. The van der Waals surface area contributed by atoms with Gasteiger partial charge in [-0.05, 0) is 18.9 Å². The standard InChI is InChI=1S/C14H21FN2O2/c1-9(2)10(3)17-14(19)16-8-13(18)11-6-4-5-7-12(11)15/h4-7,9-10,13,18H,8H2,1-3H3,(H2,16,17,19). The summed E-state index contributed by atoms with van der Waals surface area (Å²) in [5.41, 5.74) is 0.180. The molecule has 2 amide bonds. The van der Waals surface area contributed by atoms with Crippen LogP contribution in [-0.2, 0) is 0 Å². The lowest BCUT2D eigenvalue weighted by atomic mass is 10.1. The predicted octanol–water partition coefficient (Wildman–Crippen LogP) is 2.20. The zero-order valence-corrected chi connectivity index (χ0v) is 11.5. The number of hydrogen-bond acceptors (Lipinski definition) is 2. The maximum Gasteiger partial charge on any atom is 0.315 e. The number of rotatable bonds is 5. The molecule has 0 heterocycles. The summed E-state index contributed by atoms with van der Waals surface area (Å²) in [7, 11) is 0. The van der Waals surface area contributed by atoms with Crippen molar-refractivity contribution >= 4 is 6.03 Å². The van der Waals surface area contributed by atoms with Crippen molar-refractivity contribution in [1.29, 1.82) is 0 Å². The molecule has 0 spiro atoms. The van der Waals surface area contributed by atoms with Gasteiger partial charge in [0.15, 0.2) is 0 Å². The minimum Gasteiger partial charge on any atom is -0.386 e. The van der Waals surface area contributed by atoms with Crippen LogP contribution in [-0.4, -0.2) is 23.7 Å². The van der Waals surface area contributed by atoms with Gasteiger partial charge in [-0.2, -0.15) is 0 Å². The van der Waals surface area contributed by atoms with Crippen LogP contribution in [0.1, 0.15) is 32.4 Å². The number of aliphatic hydroxyl groups excluding tert-OH is 1. The van der Waals surface area contributed by atoms with E-state index in [1.807, 2.05) is 20.8 Å². The molecule has 0 aliphatic carbocycles. The smallest absolute Gasteiger partial charge is 0.315 e. The highest BCUT2D eigenvalue weighted by Gasteiger charge is 2.15. The van der Waals surface area contributed by atoms with Gasteiger partial charge in [0.1, 0.15) is 5.82 Å². The highest BCUT2D eigenvalue weighted by molar-refractivity contribution is 5.74. The summed E-state index contributed by atoms with van der Waals surface area (Å²) in [5, 5.41) is 15.1. The molecule has 0 aromatic heterocycles. The van der Waals surface area contributed by atoms with E-state index < -0.39 is 11.9 Å². The normalized spacial score (nSPS) is 14.0. The van der Waals surface area contributed by atoms with Crippen LogP contribution >= 0.6 is 0 Å². The topological polar surface area (TPSA) is 61.4 Å². The highest BCUT2D eigenvalue weighted by Crippen LogP contribution is 2.15. The third-order valence-corrected chi connectivity index (χ3v) is 3.08. The Morgan fingerprint density at radius 2 is 1.95 bits per heavy atom. The molecular weight excluding hydrogens is 247 g/mol. The number of nitrogens with one attached hydrogen (secondary N) is 2. The average molecular weight is 268 g/mol. The van der Waals surface area contributed by atoms with Gasteiger partial charge in [-0.15, -0.1) is 0 Å². The van der Waals surface area contributed by atoms with Crippen molar-refractivity contribution < 1.29 is 14.3 Å². The second kappa shape index (κ2) is 7.09. The third-order valence-electron chi connectivity index (χ3n) is 3.08. The van der Waals surface area contributed by atoms with Gasteiger partial charge in [-0.25, -0.2) is 9.18 Å². The molecule has 0 aliphatic heterocycles. The van der Waals surface area contributed by atoms with Crippen molar-refractivity contribution in [3.63, 3.8) is 0 Å². The summed E-state index contributed by atoms with van der Waals surface area (Å²) < 4.78 is 13.4. The predicted molar refractivity (Wildman–Crippen MR) is 72.2 cm³/mol. The lowest BCUT2D eigenvalue weighted by Gasteiger charge is -2.19. The summed E-state index contributed by atoms with van der Waals surface area (Å²) in [6.45, 7) is 5.87. The SMILES string of the molecule is CC(C)C(C)NC(=O)NCC(O)c1ccccc1F. The van der Waals surface area contributed by atoms with Gasteiger partial charge in [0.05, 0.1) is 6.10 Å². The molecule has 1 rings (SSSR count). The number of carbonyl (C=O) groups excluding carboxylic acids is 1. The van der Waals surface area contributed by atoms with E-state index in [-0.39, 0.29) is 24.2 Å². The molecule has 0 bridgehead atoms. The lowest BCUT2D eigenvalue weighted by molar-refractivity contribution is 0.168. The summed E-state index contributed by atoms with van der Waals surface area (Å²) in [5.74, 6) is -0.157. The summed E-state index contributed by atoms with van der Waals surface area (Å²) >= 11 is 0. The van der Waals surface area contributed by atoms with Crippen LogP contribution in [0.15, 0.2) is 24.3 Å². The Kier molecular flexibility index (Phi) is 5.76. The zero-order valence-electron chi connectivity index (χ0n) is 11.5. The highest BCUT2D eigenvalue weighted by atomic mass is 19.1. The van der Waals surface area contributed by atoms with Crippen LogP contribution in [0.4, 0.5) is 9.18 Å². The zero-order chi connectivity index (χ0) is 14.4.